The molecule has 0 saturated heterocycles. The van der Waals surface area contributed by atoms with Crippen molar-refractivity contribution in [1.29, 1.82) is 0 Å². The van der Waals surface area contributed by atoms with Crippen LogP contribution < -0.4 is 9.47 Å². The van der Waals surface area contributed by atoms with E-state index in [9.17, 15) is 14.9 Å². The highest BCUT2D eigenvalue weighted by Crippen LogP contribution is 2.28. The summed E-state index contributed by atoms with van der Waals surface area (Å²) in [5.41, 5.74) is 1.32. The molecule has 6 nitrogen and oxygen atoms in total. The molecule has 0 aromatic heterocycles. The van der Waals surface area contributed by atoms with E-state index in [1.165, 1.54) is 19.2 Å². The Hall–Kier alpha value is -2.89. The fraction of sp³-hybridized carbons (Fsp3) is 0.133. The highest BCUT2D eigenvalue weighted by molar-refractivity contribution is 5.76. The van der Waals surface area contributed by atoms with Crippen molar-refractivity contribution in [3.8, 4) is 11.5 Å². The maximum absolute atomic E-state index is 10.7. The van der Waals surface area contributed by atoms with Crippen molar-refractivity contribution in [3.63, 3.8) is 0 Å². The van der Waals surface area contributed by atoms with E-state index in [4.69, 9.17) is 9.47 Å². The molecule has 0 atom stereocenters. The van der Waals surface area contributed by atoms with Crippen LogP contribution in [-0.4, -0.2) is 18.3 Å². The quantitative estimate of drug-likeness (QED) is 0.463. The number of methoxy groups -OCH3 is 1. The number of hydrogen-bond acceptors (Lipinski definition) is 5. The fourth-order valence-corrected chi connectivity index (χ4v) is 1.75. The van der Waals surface area contributed by atoms with Crippen LogP contribution in [0.5, 0.6) is 11.5 Å². The van der Waals surface area contributed by atoms with Crippen molar-refractivity contribution in [2.45, 2.75) is 6.61 Å². The van der Waals surface area contributed by atoms with Gasteiger partial charge in [0.1, 0.15) is 12.9 Å². The van der Waals surface area contributed by atoms with Gasteiger partial charge in [-0.2, -0.15) is 0 Å². The third-order valence-electron chi connectivity index (χ3n) is 2.87. The molecule has 21 heavy (non-hydrogen) atoms. The van der Waals surface area contributed by atoms with Gasteiger partial charge in [0.25, 0.3) is 5.69 Å². The summed E-state index contributed by atoms with van der Waals surface area (Å²) < 4.78 is 10.8. The van der Waals surface area contributed by atoms with Crippen molar-refractivity contribution >= 4 is 12.0 Å². The highest BCUT2D eigenvalue weighted by Gasteiger charge is 2.07. The van der Waals surface area contributed by atoms with E-state index >= 15 is 0 Å². The molecule has 0 N–H and O–H groups in total. The average Bonchev–Trinajstić information content (AvgIpc) is 2.53. The van der Waals surface area contributed by atoms with Crippen molar-refractivity contribution < 1.29 is 19.2 Å². The number of aldehydes is 1. The molecule has 108 valence electrons. The van der Waals surface area contributed by atoms with E-state index in [1.807, 2.05) is 0 Å². The van der Waals surface area contributed by atoms with Crippen LogP contribution in [0.15, 0.2) is 42.5 Å². The Labute approximate surface area is 121 Å². The van der Waals surface area contributed by atoms with Crippen LogP contribution in [0.1, 0.15) is 15.9 Å². The van der Waals surface area contributed by atoms with Crippen molar-refractivity contribution in [1.82, 2.24) is 0 Å². The summed E-state index contributed by atoms with van der Waals surface area (Å²) in [4.78, 5) is 20.8. The van der Waals surface area contributed by atoms with E-state index in [0.717, 1.165) is 11.8 Å². The third kappa shape index (κ3) is 3.56. The van der Waals surface area contributed by atoms with Crippen LogP contribution in [0.4, 0.5) is 5.69 Å². The monoisotopic (exact) mass is 287 g/mol. The zero-order chi connectivity index (χ0) is 15.2. The molecule has 2 aromatic carbocycles. The molecular formula is C15H13NO5. The van der Waals surface area contributed by atoms with Crippen LogP contribution in [0, 0.1) is 10.1 Å². The van der Waals surface area contributed by atoms with E-state index in [-0.39, 0.29) is 12.3 Å². The third-order valence-corrected chi connectivity index (χ3v) is 2.87. The average molecular weight is 287 g/mol. The normalized spacial score (nSPS) is 9.95. The maximum atomic E-state index is 10.7. The maximum Gasteiger partial charge on any atom is 0.269 e. The molecule has 0 radical (unpaired) electrons. The topological polar surface area (TPSA) is 78.7 Å². The van der Waals surface area contributed by atoms with Crippen LogP contribution in [-0.2, 0) is 6.61 Å². The number of nitrogens with zero attached hydrogens (tertiary/aromatic N) is 1. The Balaban J connectivity index is 2.08. The van der Waals surface area contributed by atoms with Gasteiger partial charge in [0.15, 0.2) is 11.5 Å². The van der Waals surface area contributed by atoms with Gasteiger partial charge in [-0.3, -0.25) is 14.9 Å². The minimum Gasteiger partial charge on any atom is -0.493 e. The summed E-state index contributed by atoms with van der Waals surface area (Å²) in [6, 6.07) is 11.0. The van der Waals surface area contributed by atoms with E-state index < -0.39 is 4.92 Å². The van der Waals surface area contributed by atoms with Gasteiger partial charge in [0.05, 0.1) is 12.0 Å². The lowest BCUT2D eigenvalue weighted by molar-refractivity contribution is -0.384. The minimum atomic E-state index is -0.453. The number of carbonyl (C=O) groups is 1. The Morgan fingerprint density at radius 3 is 2.43 bits per heavy atom. The molecule has 0 heterocycles. The number of non-ortho nitro benzene ring substituents is 1. The van der Waals surface area contributed by atoms with Crippen LogP contribution in [0.25, 0.3) is 0 Å². The van der Waals surface area contributed by atoms with Gasteiger partial charge in [-0.05, 0) is 35.9 Å². The zero-order valence-electron chi connectivity index (χ0n) is 11.3. The Morgan fingerprint density at radius 2 is 1.86 bits per heavy atom. The highest BCUT2D eigenvalue weighted by atomic mass is 16.6. The van der Waals surface area contributed by atoms with Gasteiger partial charge in [-0.1, -0.05) is 0 Å². The number of nitro groups is 1. The lowest BCUT2D eigenvalue weighted by Crippen LogP contribution is -1.98. The zero-order valence-corrected chi connectivity index (χ0v) is 11.3. The second-order valence-corrected chi connectivity index (χ2v) is 4.24. The predicted octanol–water partition coefficient (Wildman–Crippen LogP) is 2.99. The van der Waals surface area contributed by atoms with E-state index in [1.54, 1.807) is 30.3 Å². The van der Waals surface area contributed by atoms with Gasteiger partial charge in [0.2, 0.25) is 0 Å². The van der Waals surface area contributed by atoms with Gasteiger partial charge < -0.3 is 9.47 Å². The van der Waals surface area contributed by atoms with Crippen molar-refractivity contribution in [2.75, 3.05) is 7.11 Å². The first-order valence-electron chi connectivity index (χ1n) is 6.13. The van der Waals surface area contributed by atoms with Crippen LogP contribution in [0.2, 0.25) is 0 Å². The molecule has 2 rings (SSSR count). The minimum absolute atomic E-state index is 0.0340. The molecule has 0 aliphatic rings. The molecule has 0 bridgehead atoms. The Bertz CT molecular complexity index is 652. The SMILES string of the molecule is COc1cc(C=O)ccc1OCc1ccc([N+](=O)[O-])cc1. The first-order valence-corrected chi connectivity index (χ1v) is 6.13. The summed E-state index contributed by atoms with van der Waals surface area (Å²) in [6.07, 6.45) is 0.725. The van der Waals surface area contributed by atoms with Gasteiger partial charge in [-0.15, -0.1) is 0 Å². The molecule has 0 saturated carbocycles. The number of benzene rings is 2. The lowest BCUT2D eigenvalue weighted by atomic mass is 10.2. The summed E-state index contributed by atoms with van der Waals surface area (Å²) in [7, 11) is 1.49. The van der Waals surface area contributed by atoms with Gasteiger partial charge in [0, 0.05) is 17.7 Å². The number of rotatable bonds is 6. The van der Waals surface area contributed by atoms with Gasteiger partial charge in [-0.25, -0.2) is 0 Å². The van der Waals surface area contributed by atoms with Crippen molar-refractivity contribution in [2.24, 2.45) is 0 Å². The predicted molar refractivity (Wildman–Crippen MR) is 75.8 cm³/mol. The second-order valence-electron chi connectivity index (χ2n) is 4.24. The van der Waals surface area contributed by atoms with E-state index in [2.05, 4.69) is 0 Å². The molecule has 0 fully saturated rings. The summed E-state index contributed by atoms with van der Waals surface area (Å²) >= 11 is 0. The fourth-order valence-electron chi connectivity index (χ4n) is 1.75. The lowest BCUT2D eigenvalue weighted by Gasteiger charge is -2.11. The first-order chi connectivity index (χ1) is 10.1. The number of ether oxygens (including phenoxy) is 2. The smallest absolute Gasteiger partial charge is 0.269 e. The largest absolute Gasteiger partial charge is 0.493 e. The second kappa shape index (κ2) is 6.51. The molecule has 0 unspecified atom stereocenters. The molecule has 0 aliphatic carbocycles. The summed E-state index contributed by atoms with van der Waals surface area (Å²) in [5, 5.41) is 10.6. The molecule has 0 aliphatic heterocycles. The Morgan fingerprint density at radius 1 is 1.14 bits per heavy atom. The van der Waals surface area contributed by atoms with Crippen LogP contribution in [0.3, 0.4) is 0 Å². The number of hydrogen-bond donors (Lipinski definition) is 0. The van der Waals surface area contributed by atoms with Crippen LogP contribution >= 0.6 is 0 Å². The van der Waals surface area contributed by atoms with Crippen molar-refractivity contribution in [3.05, 3.63) is 63.7 Å². The van der Waals surface area contributed by atoms with E-state index in [0.29, 0.717) is 17.1 Å². The Kier molecular flexibility index (Phi) is 4.50. The molecule has 6 heteroatoms. The molecule has 2 aromatic rings. The molecule has 0 spiro atoms. The first kappa shape index (κ1) is 14.5. The summed E-state index contributed by atoms with van der Waals surface area (Å²) in [5.74, 6) is 0.961. The number of carbonyl (C=O) groups excluding carboxylic acids is 1. The standard InChI is InChI=1S/C15H13NO5/c1-20-15-8-12(9-17)4-7-14(15)21-10-11-2-5-13(6-3-11)16(18)19/h2-9H,10H2,1H3. The molecular weight excluding hydrogens is 274 g/mol. The summed E-state index contributed by atoms with van der Waals surface area (Å²) in [6.45, 7) is 0.245. The van der Waals surface area contributed by atoms with Gasteiger partial charge >= 0.3 is 0 Å². The number of nitro benzene ring substituents is 1. The molecule has 0 amide bonds.